The number of hydrogen-bond acceptors (Lipinski definition) is 3. The highest BCUT2D eigenvalue weighted by molar-refractivity contribution is 7.80. The molecule has 0 aliphatic rings. The Morgan fingerprint density at radius 2 is 1.80 bits per heavy atom. The summed E-state index contributed by atoms with van der Waals surface area (Å²) in [6, 6.07) is 17.9. The number of para-hydroxylation sites is 1. The Balaban J connectivity index is 2.00. The minimum absolute atomic E-state index is 0.0844. The first-order chi connectivity index (χ1) is 12.1. The van der Waals surface area contributed by atoms with E-state index in [1.54, 1.807) is 0 Å². The number of fused-ring (bicyclic) bond motifs is 1. The number of rotatable bonds is 4. The molecular formula is C19H20N4OS. The van der Waals surface area contributed by atoms with E-state index in [2.05, 4.69) is 15.5 Å². The van der Waals surface area contributed by atoms with Crippen molar-refractivity contribution in [3.8, 4) is 5.88 Å². The molecule has 0 fully saturated rings. The van der Waals surface area contributed by atoms with Gasteiger partial charge >= 0.3 is 0 Å². The van der Waals surface area contributed by atoms with Gasteiger partial charge in [-0.3, -0.25) is 0 Å². The topological polar surface area (TPSA) is 61.9 Å². The maximum absolute atomic E-state index is 10.7. The third-order valence-electron chi connectivity index (χ3n) is 3.75. The fraction of sp³-hybridized carbons (Fsp3) is 0.211. The molecule has 0 amide bonds. The monoisotopic (exact) mass is 352 g/mol. The van der Waals surface area contributed by atoms with Crippen LogP contribution in [0.1, 0.15) is 19.4 Å². The van der Waals surface area contributed by atoms with Gasteiger partial charge in [0.1, 0.15) is 0 Å². The van der Waals surface area contributed by atoms with Crippen molar-refractivity contribution in [2.45, 2.75) is 26.4 Å². The van der Waals surface area contributed by atoms with Crippen molar-refractivity contribution in [2.24, 2.45) is 10.2 Å². The first-order valence-corrected chi connectivity index (χ1v) is 8.53. The van der Waals surface area contributed by atoms with Crippen molar-refractivity contribution >= 4 is 33.9 Å². The van der Waals surface area contributed by atoms with Crippen LogP contribution < -0.4 is 5.32 Å². The van der Waals surface area contributed by atoms with Gasteiger partial charge in [0, 0.05) is 11.4 Å². The lowest BCUT2D eigenvalue weighted by Gasteiger charge is -2.07. The Bertz CT molecular complexity index is 916. The number of nitrogens with zero attached hydrogens (tertiary/aromatic N) is 3. The number of aromatic hydroxyl groups is 1. The van der Waals surface area contributed by atoms with Crippen LogP contribution in [-0.2, 0) is 6.54 Å². The number of azo groups is 1. The fourth-order valence-corrected chi connectivity index (χ4v) is 2.94. The molecule has 0 saturated heterocycles. The second-order valence-electron chi connectivity index (χ2n) is 6.07. The number of hydrogen-bond donors (Lipinski definition) is 2. The predicted octanol–water partition coefficient (Wildman–Crippen LogP) is 4.76. The van der Waals surface area contributed by atoms with Crippen molar-refractivity contribution in [3.05, 3.63) is 60.2 Å². The Labute approximate surface area is 152 Å². The second-order valence-corrected chi connectivity index (χ2v) is 6.45. The van der Waals surface area contributed by atoms with Gasteiger partial charge in [0.25, 0.3) is 0 Å². The summed E-state index contributed by atoms with van der Waals surface area (Å²) in [4.78, 5) is 0. The van der Waals surface area contributed by atoms with Gasteiger partial charge in [-0.05, 0) is 37.7 Å². The van der Waals surface area contributed by atoms with Crippen LogP contribution in [-0.4, -0.2) is 20.8 Å². The Kier molecular flexibility index (Phi) is 5.09. The molecule has 3 aromatic rings. The first kappa shape index (κ1) is 17.1. The third kappa shape index (κ3) is 3.85. The van der Waals surface area contributed by atoms with E-state index in [1.165, 1.54) is 0 Å². The molecule has 6 heteroatoms. The van der Waals surface area contributed by atoms with Crippen LogP contribution in [0, 0.1) is 0 Å². The molecule has 25 heavy (non-hydrogen) atoms. The van der Waals surface area contributed by atoms with Gasteiger partial charge in [-0.15, -0.1) is 10.2 Å². The van der Waals surface area contributed by atoms with Crippen molar-refractivity contribution in [1.82, 2.24) is 9.88 Å². The van der Waals surface area contributed by atoms with Gasteiger partial charge in [0.15, 0.2) is 5.69 Å². The maximum atomic E-state index is 10.7. The largest absolute Gasteiger partial charge is 0.493 e. The number of aromatic nitrogens is 1. The molecule has 1 heterocycles. The highest BCUT2D eigenvalue weighted by Crippen LogP contribution is 2.39. The van der Waals surface area contributed by atoms with Crippen LogP contribution in [0.25, 0.3) is 10.9 Å². The summed E-state index contributed by atoms with van der Waals surface area (Å²) < 4.78 is 1.83. The van der Waals surface area contributed by atoms with Crippen LogP contribution in [0.2, 0.25) is 0 Å². The number of thiocarbonyl (C=S) groups is 1. The van der Waals surface area contributed by atoms with Gasteiger partial charge in [0.05, 0.1) is 12.1 Å². The maximum Gasteiger partial charge on any atom is 0.221 e. The summed E-state index contributed by atoms with van der Waals surface area (Å²) in [6.45, 7) is 4.51. The molecule has 0 saturated carbocycles. The Hall–Kier alpha value is -2.73. The van der Waals surface area contributed by atoms with Crippen LogP contribution in [0.15, 0.2) is 64.8 Å². The minimum atomic E-state index is 0.0844. The summed E-state index contributed by atoms with van der Waals surface area (Å²) in [6.07, 6.45) is 0. The van der Waals surface area contributed by atoms with Crippen molar-refractivity contribution in [3.63, 3.8) is 0 Å². The zero-order valence-electron chi connectivity index (χ0n) is 14.2. The van der Waals surface area contributed by atoms with Gasteiger partial charge in [-0.2, -0.15) is 0 Å². The highest BCUT2D eigenvalue weighted by Gasteiger charge is 2.16. The lowest BCUT2D eigenvalue weighted by molar-refractivity contribution is 0.429. The molecule has 0 unspecified atom stereocenters. The van der Waals surface area contributed by atoms with Crippen LogP contribution in [0.4, 0.5) is 5.69 Å². The van der Waals surface area contributed by atoms with E-state index in [1.807, 2.05) is 73.0 Å². The SMILES string of the molecule is CC(C)NC(=S)N=Nc1c(O)n(Cc2ccccc2)c2ccccc12. The summed E-state index contributed by atoms with van der Waals surface area (Å²) >= 11 is 5.15. The second kappa shape index (κ2) is 7.44. The molecular weight excluding hydrogens is 332 g/mol. The van der Waals surface area contributed by atoms with E-state index in [0.29, 0.717) is 17.3 Å². The van der Waals surface area contributed by atoms with E-state index < -0.39 is 0 Å². The van der Waals surface area contributed by atoms with Crippen molar-refractivity contribution < 1.29 is 5.11 Å². The predicted molar refractivity (Wildman–Crippen MR) is 105 cm³/mol. The zero-order chi connectivity index (χ0) is 17.8. The summed E-state index contributed by atoms with van der Waals surface area (Å²) in [5.74, 6) is 0.0844. The molecule has 2 N–H and O–H groups in total. The molecule has 0 aliphatic carbocycles. The van der Waals surface area contributed by atoms with Gasteiger partial charge in [0.2, 0.25) is 11.0 Å². The molecule has 128 valence electrons. The van der Waals surface area contributed by atoms with Crippen LogP contribution >= 0.6 is 12.2 Å². The van der Waals surface area contributed by atoms with Gasteiger partial charge in [-0.1, -0.05) is 48.5 Å². The summed E-state index contributed by atoms with van der Waals surface area (Å²) in [5.41, 5.74) is 2.43. The fourth-order valence-electron chi connectivity index (χ4n) is 2.67. The van der Waals surface area contributed by atoms with E-state index in [4.69, 9.17) is 12.2 Å². The normalized spacial score (nSPS) is 11.5. The van der Waals surface area contributed by atoms with E-state index >= 15 is 0 Å². The van der Waals surface area contributed by atoms with Crippen molar-refractivity contribution in [1.29, 1.82) is 0 Å². The molecule has 2 aromatic carbocycles. The standard InChI is InChI=1S/C19H20N4OS/c1-13(2)20-19(25)22-21-17-15-10-6-7-11-16(15)23(18(17)24)12-14-8-4-3-5-9-14/h3-11,13,24H,12H2,1-2H3,(H,20,25). The van der Waals surface area contributed by atoms with Gasteiger partial charge < -0.3 is 15.0 Å². The summed E-state index contributed by atoms with van der Waals surface area (Å²) in [7, 11) is 0. The van der Waals surface area contributed by atoms with Crippen LogP contribution in [0.3, 0.4) is 0 Å². The molecule has 0 spiro atoms. The quantitative estimate of drug-likeness (QED) is 0.525. The lowest BCUT2D eigenvalue weighted by Crippen LogP contribution is -2.26. The molecule has 0 atom stereocenters. The average Bonchev–Trinajstić information content (AvgIpc) is 2.85. The zero-order valence-corrected chi connectivity index (χ0v) is 15.0. The summed E-state index contributed by atoms with van der Waals surface area (Å²) in [5, 5.41) is 23.1. The third-order valence-corrected chi connectivity index (χ3v) is 3.95. The molecule has 0 aliphatic heterocycles. The van der Waals surface area contributed by atoms with E-state index in [9.17, 15) is 5.11 Å². The molecule has 0 bridgehead atoms. The van der Waals surface area contributed by atoms with E-state index in [0.717, 1.165) is 16.5 Å². The first-order valence-electron chi connectivity index (χ1n) is 8.12. The Morgan fingerprint density at radius 1 is 1.12 bits per heavy atom. The average molecular weight is 352 g/mol. The highest BCUT2D eigenvalue weighted by atomic mass is 32.1. The minimum Gasteiger partial charge on any atom is -0.493 e. The van der Waals surface area contributed by atoms with Gasteiger partial charge in [-0.25, -0.2) is 0 Å². The van der Waals surface area contributed by atoms with Crippen molar-refractivity contribution in [2.75, 3.05) is 0 Å². The smallest absolute Gasteiger partial charge is 0.221 e. The number of nitrogens with one attached hydrogen (secondary N) is 1. The van der Waals surface area contributed by atoms with Crippen LogP contribution in [0.5, 0.6) is 5.88 Å². The van der Waals surface area contributed by atoms with E-state index in [-0.39, 0.29) is 11.9 Å². The molecule has 3 rings (SSSR count). The molecule has 0 radical (unpaired) electrons. The molecule has 1 aromatic heterocycles. The number of benzene rings is 2. The molecule has 5 nitrogen and oxygen atoms in total. The lowest BCUT2D eigenvalue weighted by atomic mass is 10.2. The Morgan fingerprint density at radius 3 is 2.52 bits per heavy atom.